The summed E-state index contributed by atoms with van der Waals surface area (Å²) in [6.45, 7) is 2.47. The van der Waals surface area contributed by atoms with Crippen LogP contribution in [0.4, 0.5) is 15.8 Å². The number of methoxy groups -OCH3 is 1. The van der Waals surface area contributed by atoms with Crippen LogP contribution in [0.15, 0.2) is 18.2 Å². The van der Waals surface area contributed by atoms with Gasteiger partial charge in [0.1, 0.15) is 5.67 Å². The SMILES string of the molecule is COc1cc(N2CC[C@](C)(F)C2)ccc1[N+](=O)[O-]. The van der Waals surface area contributed by atoms with Crippen molar-refractivity contribution in [3.8, 4) is 5.75 Å². The van der Waals surface area contributed by atoms with Crippen LogP contribution in [0, 0.1) is 10.1 Å². The van der Waals surface area contributed by atoms with E-state index in [-0.39, 0.29) is 11.4 Å². The summed E-state index contributed by atoms with van der Waals surface area (Å²) in [5.41, 5.74) is -0.531. The number of anilines is 1. The zero-order valence-corrected chi connectivity index (χ0v) is 10.4. The average molecular weight is 254 g/mol. The van der Waals surface area contributed by atoms with Gasteiger partial charge >= 0.3 is 5.69 Å². The number of ether oxygens (including phenoxy) is 1. The third-order valence-electron chi connectivity index (χ3n) is 3.15. The minimum atomic E-state index is -1.20. The summed E-state index contributed by atoms with van der Waals surface area (Å²) in [7, 11) is 1.38. The molecule has 0 aliphatic carbocycles. The molecule has 0 unspecified atom stereocenters. The van der Waals surface area contributed by atoms with E-state index in [4.69, 9.17) is 4.74 Å². The van der Waals surface area contributed by atoms with E-state index in [1.54, 1.807) is 19.1 Å². The lowest BCUT2D eigenvalue weighted by atomic mass is 10.1. The van der Waals surface area contributed by atoms with E-state index in [2.05, 4.69) is 0 Å². The van der Waals surface area contributed by atoms with Crippen molar-refractivity contribution in [1.82, 2.24) is 0 Å². The molecule has 1 aliphatic heterocycles. The Balaban J connectivity index is 2.28. The number of alkyl halides is 1. The fraction of sp³-hybridized carbons (Fsp3) is 0.500. The molecule has 0 radical (unpaired) electrons. The van der Waals surface area contributed by atoms with Gasteiger partial charge in [0.2, 0.25) is 0 Å². The van der Waals surface area contributed by atoms with Crippen molar-refractivity contribution in [2.24, 2.45) is 0 Å². The van der Waals surface area contributed by atoms with Gasteiger partial charge in [0.05, 0.1) is 18.6 Å². The highest BCUT2D eigenvalue weighted by Crippen LogP contribution is 2.35. The van der Waals surface area contributed by atoms with Crippen LogP contribution in [0.5, 0.6) is 5.75 Å². The van der Waals surface area contributed by atoms with Gasteiger partial charge in [-0.15, -0.1) is 0 Å². The van der Waals surface area contributed by atoms with Gasteiger partial charge in [-0.05, 0) is 13.0 Å². The number of hydrogen-bond acceptors (Lipinski definition) is 4. The number of nitro benzene ring substituents is 1. The topological polar surface area (TPSA) is 55.6 Å². The van der Waals surface area contributed by atoms with E-state index in [1.165, 1.54) is 13.2 Å². The van der Waals surface area contributed by atoms with Crippen LogP contribution in [0.1, 0.15) is 13.3 Å². The summed E-state index contributed by atoms with van der Waals surface area (Å²) >= 11 is 0. The zero-order chi connectivity index (χ0) is 13.3. The Kier molecular flexibility index (Phi) is 3.11. The highest BCUT2D eigenvalue weighted by atomic mass is 19.1. The van der Waals surface area contributed by atoms with Crippen LogP contribution in [0.25, 0.3) is 0 Å². The molecule has 0 amide bonds. The number of nitro groups is 1. The Hall–Kier alpha value is -1.85. The van der Waals surface area contributed by atoms with Gasteiger partial charge in [-0.25, -0.2) is 4.39 Å². The Labute approximate surface area is 104 Å². The molecule has 1 atom stereocenters. The molecule has 5 nitrogen and oxygen atoms in total. The number of hydrogen-bond donors (Lipinski definition) is 0. The largest absolute Gasteiger partial charge is 0.490 e. The molecule has 2 rings (SSSR count). The zero-order valence-electron chi connectivity index (χ0n) is 10.4. The fourth-order valence-corrected chi connectivity index (χ4v) is 2.16. The van der Waals surface area contributed by atoms with Gasteiger partial charge in [0.15, 0.2) is 5.75 Å². The van der Waals surface area contributed by atoms with Crippen LogP contribution in [0.3, 0.4) is 0 Å². The van der Waals surface area contributed by atoms with E-state index < -0.39 is 10.6 Å². The summed E-state index contributed by atoms with van der Waals surface area (Å²) in [5, 5.41) is 10.8. The second kappa shape index (κ2) is 4.44. The van der Waals surface area contributed by atoms with Crippen molar-refractivity contribution in [2.45, 2.75) is 19.0 Å². The summed E-state index contributed by atoms with van der Waals surface area (Å²) in [6.07, 6.45) is 0.465. The minimum Gasteiger partial charge on any atom is -0.490 e. The monoisotopic (exact) mass is 254 g/mol. The van der Waals surface area contributed by atoms with Crippen LogP contribution < -0.4 is 9.64 Å². The maximum atomic E-state index is 13.8. The van der Waals surface area contributed by atoms with E-state index >= 15 is 0 Å². The van der Waals surface area contributed by atoms with Crippen LogP contribution in [-0.4, -0.2) is 30.8 Å². The second-order valence-electron chi connectivity index (χ2n) is 4.70. The lowest BCUT2D eigenvalue weighted by Gasteiger charge is -2.20. The summed E-state index contributed by atoms with van der Waals surface area (Å²) in [6, 6.07) is 4.60. The molecule has 1 aliphatic rings. The molecular weight excluding hydrogens is 239 g/mol. The molecular formula is C12H15FN2O3. The first kappa shape index (κ1) is 12.6. The van der Waals surface area contributed by atoms with E-state index in [0.29, 0.717) is 19.5 Å². The van der Waals surface area contributed by atoms with Crippen molar-refractivity contribution in [3.05, 3.63) is 28.3 Å². The normalized spacial score (nSPS) is 23.2. The molecule has 1 fully saturated rings. The quantitative estimate of drug-likeness (QED) is 0.614. The number of halogens is 1. The standard InChI is InChI=1S/C12H15FN2O3/c1-12(13)5-6-14(8-12)9-3-4-10(15(16)17)11(7-9)18-2/h3-4,7H,5-6,8H2,1-2H3/t12-/m0/s1. The first-order chi connectivity index (χ1) is 8.43. The predicted octanol–water partition coefficient (Wildman–Crippen LogP) is 2.54. The van der Waals surface area contributed by atoms with Gasteiger partial charge in [0.25, 0.3) is 0 Å². The second-order valence-corrected chi connectivity index (χ2v) is 4.70. The highest BCUT2D eigenvalue weighted by molar-refractivity contribution is 5.59. The van der Waals surface area contributed by atoms with Crippen LogP contribution in [0.2, 0.25) is 0 Å². The van der Waals surface area contributed by atoms with Gasteiger partial charge in [-0.1, -0.05) is 0 Å². The van der Waals surface area contributed by atoms with Gasteiger partial charge in [0, 0.05) is 30.8 Å². The Morgan fingerprint density at radius 2 is 2.28 bits per heavy atom. The smallest absolute Gasteiger partial charge is 0.311 e. The van der Waals surface area contributed by atoms with Crippen molar-refractivity contribution in [3.63, 3.8) is 0 Å². The van der Waals surface area contributed by atoms with E-state index in [0.717, 1.165) is 5.69 Å². The molecule has 6 heteroatoms. The van der Waals surface area contributed by atoms with Gasteiger partial charge in [-0.3, -0.25) is 10.1 Å². The van der Waals surface area contributed by atoms with Crippen LogP contribution >= 0.6 is 0 Å². The fourth-order valence-electron chi connectivity index (χ4n) is 2.16. The summed E-state index contributed by atoms with van der Waals surface area (Å²) < 4.78 is 18.8. The van der Waals surface area contributed by atoms with Crippen molar-refractivity contribution in [1.29, 1.82) is 0 Å². The molecule has 1 aromatic rings. The third-order valence-corrected chi connectivity index (χ3v) is 3.15. The maximum Gasteiger partial charge on any atom is 0.311 e. The Bertz CT molecular complexity index is 476. The van der Waals surface area contributed by atoms with E-state index in [9.17, 15) is 14.5 Å². The van der Waals surface area contributed by atoms with Crippen molar-refractivity contribution in [2.75, 3.05) is 25.1 Å². The van der Waals surface area contributed by atoms with E-state index in [1.807, 2.05) is 4.90 Å². The molecule has 0 N–H and O–H groups in total. The Morgan fingerprint density at radius 1 is 1.56 bits per heavy atom. The minimum absolute atomic E-state index is 0.0801. The first-order valence-corrected chi connectivity index (χ1v) is 5.69. The van der Waals surface area contributed by atoms with Gasteiger partial charge in [-0.2, -0.15) is 0 Å². The van der Waals surface area contributed by atoms with Crippen molar-refractivity contribution >= 4 is 11.4 Å². The molecule has 0 spiro atoms. The molecule has 0 aromatic heterocycles. The van der Waals surface area contributed by atoms with Crippen LogP contribution in [-0.2, 0) is 0 Å². The molecule has 1 aromatic carbocycles. The van der Waals surface area contributed by atoms with Crippen molar-refractivity contribution < 1.29 is 14.1 Å². The number of rotatable bonds is 3. The lowest BCUT2D eigenvalue weighted by molar-refractivity contribution is -0.385. The molecule has 1 heterocycles. The Morgan fingerprint density at radius 3 is 2.78 bits per heavy atom. The van der Waals surface area contributed by atoms with Gasteiger partial charge < -0.3 is 9.64 Å². The first-order valence-electron chi connectivity index (χ1n) is 5.69. The maximum absolute atomic E-state index is 13.8. The summed E-state index contributed by atoms with van der Waals surface area (Å²) in [4.78, 5) is 12.1. The number of benzene rings is 1. The average Bonchev–Trinajstić information content (AvgIpc) is 2.68. The molecule has 0 bridgehead atoms. The molecule has 98 valence electrons. The molecule has 1 saturated heterocycles. The highest BCUT2D eigenvalue weighted by Gasteiger charge is 2.34. The molecule has 0 saturated carbocycles. The molecule has 18 heavy (non-hydrogen) atoms. The lowest BCUT2D eigenvalue weighted by Crippen LogP contribution is -2.25. The third kappa shape index (κ3) is 2.37. The number of nitrogens with zero attached hydrogens (tertiary/aromatic N) is 2. The summed E-state index contributed by atoms with van der Waals surface area (Å²) in [5.74, 6) is 0.199. The predicted molar refractivity (Wildman–Crippen MR) is 66.0 cm³/mol.